The predicted octanol–water partition coefficient (Wildman–Crippen LogP) is 4.48. The highest BCUT2D eigenvalue weighted by atomic mass is 127. The van der Waals surface area contributed by atoms with Crippen LogP contribution in [0.5, 0.6) is 0 Å². The molecule has 0 aliphatic carbocycles. The van der Waals surface area contributed by atoms with E-state index in [9.17, 15) is 22.8 Å². The fourth-order valence-electron chi connectivity index (χ4n) is 2.50. The van der Waals surface area contributed by atoms with Gasteiger partial charge in [-0.25, -0.2) is 9.69 Å². The molecular weight excluding hydrogens is 450 g/mol. The average molecular weight is 467 g/mol. The summed E-state index contributed by atoms with van der Waals surface area (Å²) in [6, 6.07) is 8.87. The third-order valence-corrected chi connectivity index (χ3v) is 4.91. The van der Waals surface area contributed by atoms with Gasteiger partial charge in [0.15, 0.2) is 0 Å². The van der Waals surface area contributed by atoms with E-state index in [0.29, 0.717) is 6.42 Å². The Balaban J connectivity index is 2.06. The Morgan fingerprint density at radius 1 is 1.40 bits per heavy atom. The third-order valence-electron chi connectivity index (χ3n) is 3.86. The fraction of sp³-hybridized carbons (Fsp3) is 0.412. The van der Waals surface area contributed by atoms with Crippen molar-refractivity contribution in [2.24, 2.45) is 5.92 Å². The minimum Gasteiger partial charge on any atom is -0.447 e. The van der Waals surface area contributed by atoms with Crippen molar-refractivity contribution in [1.29, 1.82) is 0 Å². The van der Waals surface area contributed by atoms with Gasteiger partial charge in [-0.15, -0.1) is 0 Å². The summed E-state index contributed by atoms with van der Waals surface area (Å²) in [4.78, 5) is 25.5. The lowest BCUT2D eigenvalue weighted by Crippen LogP contribution is -2.42. The zero-order valence-electron chi connectivity index (χ0n) is 13.4. The van der Waals surface area contributed by atoms with Crippen LogP contribution in [0.1, 0.15) is 18.9 Å². The van der Waals surface area contributed by atoms with Crippen molar-refractivity contribution in [2.75, 3.05) is 6.61 Å². The fourth-order valence-corrected chi connectivity index (χ4v) is 2.76. The van der Waals surface area contributed by atoms with E-state index in [0.717, 1.165) is 16.5 Å². The molecule has 2 unspecified atom stereocenters. The van der Waals surface area contributed by atoms with Gasteiger partial charge in [-0.1, -0.05) is 43.3 Å². The van der Waals surface area contributed by atoms with E-state index in [1.165, 1.54) is 29.5 Å². The number of carbonyl (C=O) groups is 2. The van der Waals surface area contributed by atoms with Gasteiger partial charge in [0, 0.05) is 5.92 Å². The molecule has 0 aromatic heterocycles. The number of imide groups is 1. The van der Waals surface area contributed by atoms with Crippen molar-refractivity contribution in [2.45, 2.75) is 32.0 Å². The quantitative estimate of drug-likeness (QED) is 0.600. The third kappa shape index (κ3) is 5.20. The first-order valence-electron chi connectivity index (χ1n) is 7.66. The molecule has 1 aromatic carbocycles. The van der Waals surface area contributed by atoms with Crippen molar-refractivity contribution in [3.05, 3.63) is 45.6 Å². The van der Waals surface area contributed by atoms with Crippen molar-refractivity contribution in [3.63, 3.8) is 0 Å². The number of allylic oxidation sites excluding steroid dienone is 2. The molecule has 0 bridgehead atoms. The minimum absolute atomic E-state index is 0.0854. The normalized spacial score (nSPS) is 19.7. The van der Waals surface area contributed by atoms with Gasteiger partial charge in [0.25, 0.3) is 0 Å². The van der Waals surface area contributed by atoms with Crippen LogP contribution in [-0.2, 0) is 16.0 Å². The molecule has 1 aromatic rings. The maximum atomic E-state index is 12.5. The SMILES string of the molecule is CC(C/C=C(\I)C(F)(F)F)C(=O)N1C(=O)OCC1Cc1ccccc1. The molecule has 1 saturated heterocycles. The lowest BCUT2D eigenvalue weighted by molar-refractivity contribution is -0.132. The van der Waals surface area contributed by atoms with E-state index >= 15 is 0 Å². The molecule has 1 aliphatic heterocycles. The van der Waals surface area contributed by atoms with Crippen LogP contribution in [0.2, 0.25) is 0 Å². The molecule has 8 heteroatoms. The van der Waals surface area contributed by atoms with Gasteiger partial charge in [0.2, 0.25) is 5.91 Å². The van der Waals surface area contributed by atoms with Gasteiger partial charge in [-0.05, 0) is 41.0 Å². The van der Waals surface area contributed by atoms with Gasteiger partial charge in [-0.3, -0.25) is 4.79 Å². The zero-order chi connectivity index (χ0) is 18.6. The smallest absolute Gasteiger partial charge is 0.421 e. The number of hydrogen-bond donors (Lipinski definition) is 0. The Morgan fingerprint density at radius 3 is 2.64 bits per heavy atom. The van der Waals surface area contributed by atoms with Gasteiger partial charge >= 0.3 is 12.3 Å². The lowest BCUT2D eigenvalue weighted by atomic mass is 10.0. The molecule has 1 fully saturated rings. The first-order valence-corrected chi connectivity index (χ1v) is 8.74. The van der Waals surface area contributed by atoms with Crippen LogP contribution >= 0.6 is 22.6 Å². The molecule has 2 rings (SSSR count). The van der Waals surface area contributed by atoms with Crippen molar-refractivity contribution in [3.8, 4) is 0 Å². The second-order valence-corrected chi connectivity index (χ2v) is 6.98. The van der Waals surface area contributed by atoms with E-state index in [1.807, 2.05) is 30.3 Å². The second kappa shape index (κ2) is 8.20. The van der Waals surface area contributed by atoms with Crippen LogP contribution in [-0.4, -0.2) is 35.7 Å². The number of halogens is 4. The maximum Gasteiger partial charge on any atom is 0.421 e. The van der Waals surface area contributed by atoms with Gasteiger partial charge in [0.1, 0.15) is 6.61 Å². The van der Waals surface area contributed by atoms with Gasteiger partial charge in [-0.2, -0.15) is 13.2 Å². The summed E-state index contributed by atoms with van der Waals surface area (Å²) in [5.74, 6) is -1.28. The number of ether oxygens (including phenoxy) is 1. The van der Waals surface area contributed by atoms with E-state index in [4.69, 9.17) is 4.74 Å². The molecule has 0 spiro atoms. The number of rotatable bonds is 5. The minimum atomic E-state index is -4.42. The number of alkyl halides is 3. The summed E-state index contributed by atoms with van der Waals surface area (Å²) in [5, 5.41) is 0. The van der Waals surface area contributed by atoms with Crippen LogP contribution in [0.25, 0.3) is 0 Å². The largest absolute Gasteiger partial charge is 0.447 e. The number of amides is 2. The predicted molar refractivity (Wildman–Crippen MR) is 94.1 cm³/mol. The molecule has 2 amide bonds. The first-order chi connectivity index (χ1) is 11.7. The Hall–Kier alpha value is -1.58. The number of carbonyl (C=O) groups excluding carboxylic acids is 2. The topological polar surface area (TPSA) is 46.6 Å². The summed E-state index contributed by atoms with van der Waals surface area (Å²) in [5.41, 5.74) is 0.947. The van der Waals surface area contributed by atoms with Crippen LogP contribution in [0, 0.1) is 5.92 Å². The summed E-state index contributed by atoms with van der Waals surface area (Å²) < 4.78 is 41.8. The summed E-state index contributed by atoms with van der Waals surface area (Å²) in [7, 11) is 0. The lowest BCUT2D eigenvalue weighted by Gasteiger charge is -2.22. The Bertz CT molecular complexity index is 661. The van der Waals surface area contributed by atoms with E-state index in [-0.39, 0.29) is 13.0 Å². The van der Waals surface area contributed by atoms with E-state index < -0.39 is 33.7 Å². The molecule has 0 radical (unpaired) electrons. The number of benzene rings is 1. The monoisotopic (exact) mass is 467 g/mol. The van der Waals surface area contributed by atoms with Crippen LogP contribution < -0.4 is 0 Å². The zero-order valence-corrected chi connectivity index (χ0v) is 15.6. The van der Waals surface area contributed by atoms with Gasteiger partial charge < -0.3 is 4.74 Å². The molecule has 136 valence electrons. The molecule has 1 aliphatic rings. The Kier molecular flexibility index (Phi) is 6.47. The van der Waals surface area contributed by atoms with Crippen LogP contribution in [0.3, 0.4) is 0 Å². The van der Waals surface area contributed by atoms with E-state index in [1.54, 1.807) is 0 Å². The standard InChI is InChI=1S/C17H17F3INO3/c1-11(7-8-14(21)17(18,19)20)15(23)22-13(10-25-16(22)24)9-12-5-3-2-4-6-12/h2-6,8,11,13H,7,9-10H2,1H3/b14-8-. The molecule has 1 heterocycles. The highest BCUT2D eigenvalue weighted by Crippen LogP contribution is 2.31. The summed E-state index contributed by atoms with van der Waals surface area (Å²) in [6.45, 7) is 1.59. The highest BCUT2D eigenvalue weighted by molar-refractivity contribution is 14.1. The Labute approximate surface area is 157 Å². The molecule has 0 N–H and O–H groups in total. The summed E-state index contributed by atoms with van der Waals surface area (Å²) >= 11 is 1.20. The van der Waals surface area contributed by atoms with Crippen molar-refractivity contribution < 1.29 is 27.5 Å². The number of nitrogens with zero attached hydrogens (tertiary/aromatic N) is 1. The number of cyclic esters (lactones) is 1. The average Bonchev–Trinajstić information content (AvgIpc) is 2.92. The maximum absolute atomic E-state index is 12.5. The second-order valence-electron chi connectivity index (χ2n) is 5.82. The van der Waals surface area contributed by atoms with Crippen molar-refractivity contribution in [1.82, 2.24) is 4.90 Å². The molecular formula is C17H17F3INO3. The Morgan fingerprint density at radius 2 is 2.04 bits per heavy atom. The van der Waals surface area contributed by atoms with Crippen LogP contribution in [0.15, 0.2) is 40.0 Å². The van der Waals surface area contributed by atoms with E-state index in [2.05, 4.69) is 0 Å². The van der Waals surface area contributed by atoms with Crippen LogP contribution in [0.4, 0.5) is 18.0 Å². The summed E-state index contributed by atoms with van der Waals surface area (Å²) in [6.07, 6.45) is -3.85. The highest BCUT2D eigenvalue weighted by Gasteiger charge is 2.39. The first kappa shape index (κ1) is 19.7. The number of hydrogen-bond acceptors (Lipinski definition) is 3. The van der Waals surface area contributed by atoms with Crippen molar-refractivity contribution >= 4 is 34.6 Å². The van der Waals surface area contributed by atoms with Gasteiger partial charge in [0.05, 0.1) is 9.62 Å². The molecule has 0 saturated carbocycles. The molecule has 4 nitrogen and oxygen atoms in total. The molecule has 2 atom stereocenters. The molecule has 25 heavy (non-hydrogen) atoms.